The number of anilines is 2. The van der Waals surface area contributed by atoms with E-state index in [2.05, 4.69) is 9.71 Å². The molecule has 1 aliphatic heterocycles. The Balaban J connectivity index is 0.00000187. The van der Waals surface area contributed by atoms with Crippen LogP contribution in [0.3, 0.4) is 0 Å². The Morgan fingerprint density at radius 1 is 1.24 bits per heavy atom. The van der Waals surface area contributed by atoms with Gasteiger partial charge < -0.3 is 19.5 Å². The maximum atomic E-state index is 13.5. The fourth-order valence-electron chi connectivity index (χ4n) is 4.64. The number of halogens is 1. The van der Waals surface area contributed by atoms with Crippen LogP contribution in [0.1, 0.15) is 17.2 Å². The third-order valence-electron chi connectivity index (χ3n) is 6.60. The third kappa shape index (κ3) is 5.17. The van der Waals surface area contributed by atoms with Crippen LogP contribution < -0.4 is 9.62 Å². The quantitative estimate of drug-likeness (QED) is 0.340. The summed E-state index contributed by atoms with van der Waals surface area (Å²) in [4.78, 5) is 21.4. The molecule has 2 N–H and O–H groups in total. The molecule has 37 heavy (non-hydrogen) atoms. The highest BCUT2D eigenvalue weighted by Crippen LogP contribution is 2.27. The first-order chi connectivity index (χ1) is 17.8. The number of rotatable bonds is 7. The minimum atomic E-state index is -3.74. The van der Waals surface area contributed by atoms with Crippen molar-refractivity contribution in [2.24, 2.45) is 0 Å². The molecule has 12 heteroatoms. The number of fused-ring (bicyclic) bond motifs is 1. The number of hydrogen-bond donors (Lipinski definition) is 2. The topological polar surface area (TPSA) is 108 Å². The van der Waals surface area contributed by atoms with Crippen molar-refractivity contribution in [3.8, 4) is 0 Å². The van der Waals surface area contributed by atoms with E-state index in [1.165, 1.54) is 17.5 Å². The van der Waals surface area contributed by atoms with Gasteiger partial charge in [0.05, 0.1) is 23.1 Å². The number of carbonyl (C=O) groups is 1. The molecule has 5 rings (SSSR count). The predicted molar refractivity (Wildman–Crippen MR) is 152 cm³/mol. The number of aliphatic hydroxyl groups excluding tert-OH is 1. The van der Waals surface area contributed by atoms with Crippen LogP contribution in [-0.2, 0) is 14.8 Å². The first-order valence-electron chi connectivity index (χ1n) is 11.7. The number of benzene rings is 2. The van der Waals surface area contributed by atoms with Gasteiger partial charge in [0.1, 0.15) is 6.04 Å². The summed E-state index contributed by atoms with van der Waals surface area (Å²) in [5.41, 5.74) is 1.70. The van der Waals surface area contributed by atoms with Crippen LogP contribution in [0.2, 0.25) is 5.02 Å². The Hall–Kier alpha value is -3.12. The van der Waals surface area contributed by atoms with Crippen LogP contribution in [0.15, 0.2) is 71.2 Å². The van der Waals surface area contributed by atoms with E-state index in [-0.39, 0.29) is 21.7 Å². The van der Waals surface area contributed by atoms with E-state index in [0.29, 0.717) is 29.8 Å². The first kappa shape index (κ1) is 25.5. The smallest absolute Gasteiger partial charge is 0.263 e. The Morgan fingerprint density at radius 2 is 2.03 bits per heavy atom. The molecule has 0 radical (unpaired) electrons. The SMILES string of the molecule is C[C@H](C(=O)N1CCN(c2ccc(S(=O)(=O)Nc3nccs3)cc2)C[C@@H]1CO)n1ccc2ccc(Cl)cc21.[HH].[HH].[HH]. The van der Waals surface area contributed by atoms with Crippen molar-refractivity contribution in [3.63, 3.8) is 0 Å². The summed E-state index contributed by atoms with van der Waals surface area (Å²) in [6.45, 7) is 3.08. The van der Waals surface area contributed by atoms with E-state index in [1.807, 2.05) is 46.9 Å². The molecule has 1 aliphatic rings. The maximum Gasteiger partial charge on any atom is 0.263 e. The second kappa shape index (κ2) is 10.3. The molecule has 1 fully saturated rings. The fourth-order valence-corrected chi connectivity index (χ4v) is 6.59. The number of aromatic nitrogens is 2. The average molecular weight is 566 g/mol. The van der Waals surface area contributed by atoms with Gasteiger partial charge in [-0.3, -0.25) is 9.52 Å². The Morgan fingerprint density at radius 3 is 2.73 bits per heavy atom. The van der Waals surface area contributed by atoms with Crippen LogP contribution in [0.4, 0.5) is 10.8 Å². The number of sulfonamides is 1. The first-order valence-corrected chi connectivity index (χ1v) is 14.5. The van der Waals surface area contributed by atoms with E-state index in [9.17, 15) is 18.3 Å². The van der Waals surface area contributed by atoms with Crippen molar-refractivity contribution in [1.29, 1.82) is 0 Å². The molecule has 0 aliphatic carbocycles. The van der Waals surface area contributed by atoms with Crippen molar-refractivity contribution in [3.05, 3.63) is 71.3 Å². The van der Waals surface area contributed by atoms with Crippen LogP contribution >= 0.6 is 22.9 Å². The Kier molecular flexibility index (Phi) is 7.13. The van der Waals surface area contributed by atoms with Crippen molar-refractivity contribution in [1.82, 2.24) is 14.5 Å². The third-order valence-corrected chi connectivity index (χ3v) is 9.01. The van der Waals surface area contributed by atoms with Crippen LogP contribution in [0, 0.1) is 0 Å². The number of piperazine rings is 1. The van der Waals surface area contributed by atoms with Gasteiger partial charge >= 0.3 is 0 Å². The molecule has 0 unspecified atom stereocenters. The zero-order chi connectivity index (χ0) is 26.2. The standard InChI is InChI=1S/C25H26ClN5O4S2.3H2/c1-17(30-10-8-18-2-3-19(26)14-23(18)30)24(33)31-12-11-29(15-21(31)16-32)20-4-6-22(7-5-20)37(34,35)28-25-27-9-13-36-25;;;/h2-10,13-14,17,21,32H,11-12,15-16H2,1H3,(H,27,28);3*1H/t17-,21-;;;/m1.../s1. The summed E-state index contributed by atoms with van der Waals surface area (Å²) in [5.74, 6) is -0.0779. The van der Waals surface area contributed by atoms with Crippen molar-refractivity contribution < 1.29 is 22.6 Å². The van der Waals surface area contributed by atoms with Gasteiger partial charge in [-0.2, -0.15) is 0 Å². The summed E-state index contributed by atoms with van der Waals surface area (Å²) >= 11 is 7.38. The highest BCUT2D eigenvalue weighted by Gasteiger charge is 2.33. The molecule has 1 amide bonds. The highest BCUT2D eigenvalue weighted by atomic mass is 35.5. The Labute approximate surface area is 228 Å². The van der Waals surface area contributed by atoms with Crippen molar-refractivity contribution >= 4 is 60.6 Å². The van der Waals surface area contributed by atoms with Gasteiger partial charge in [0, 0.05) is 52.4 Å². The maximum absolute atomic E-state index is 13.5. The minimum Gasteiger partial charge on any atom is -0.394 e. The molecular formula is C25H32ClN5O4S2. The van der Waals surface area contributed by atoms with Gasteiger partial charge in [-0.25, -0.2) is 13.4 Å². The molecule has 200 valence electrons. The van der Waals surface area contributed by atoms with Crippen LogP contribution in [0.5, 0.6) is 0 Å². The van der Waals surface area contributed by atoms with E-state index >= 15 is 0 Å². The van der Waals surface area contributed by atoms with Gasteiger partial charge in [-0.1, -0.05) is 17.7 Å². The number of carbonyl (C=O) groups excluding carboxylic acids is 1. The molecule has 2 aromatic carbocycles. The van der Waals surface area contributed by atoms with Gasteiger partial charge in [-0.05, 0) is 54.8 Å². The molecule has 2 atom stereocenters. The molecule has 9 nitrogen and oxygen atoms in total. The number of aliphatic hydroxyl groups is 1. The lowest BCUT2D eigenvalue weighted by molar-refractivity contribution is -0.138. The van der Waals surface area contributed by atoms with Crippen molar-refractivity contribution in [2.75, 3.05) is 35.9 Å². The number of nitrogens with zero attached hydrogens (tertiary/aromatic N) is 4. The number of thiazole rings is 1. The van der Waals surface area contributed by atoms with Gasteiger partial charge in [0.15, 0.2) is 5.13 Å². The average Bonchev–Trinajstić information content (AvgIpc) is 3.57. The highest BCUT2D eigenvalue weighted by molar-refractivity contribution is 7.93. The lowest BCUT2D eigenvalue weighted by atomic mass is 10.1. The summed E-state index contributed by atoms with van der Waals surface area (Å²) in [5, 5.41) is 13.7. The van der Waals surface area contributed by atoms with Crippen LogP contribution in [-0.4, -0.2) is 66.2 Å². The molecule has 3 heterocycles. The Bertz CT molecular complexity index is 1520. The molecule has 4 aromatic rings. The van der Waals surface area contributed by atoms with E-state index < -0.39 is 22.1 Å². The van der Waals surface area contributed by atoms with E-state index in [1.54, 1.807) is 34.5 Å². The molecule has 1 saturated heterocycles. The second-order valence-corrected chi connectivity index (χ2v) is 11.9. The molecular weight excluding hydrogens is 534 g/mol. The van der Waals surface area contributed by atoms with Gasteiger partial charge in [0.25, 0.3) is 10.0 Å². The van der Waals surface area contributed by atoms with Crippen LogP contribution in [0.25, 0.3) is 10.9 Å². The largest absolute Gasteiger partial charge is 0.394 e. The summed E-state index contributed by atoms with van der Waals surface area (Å²) in [6.07, 6.45) is 3.41. The summed E-state index contributed by atoms with van der Waals surface area (Å²) in [7, 11) is -3.74. The monoisotopic (exact) mass is 565 g/mol. The number of amides is 1. The molecule has 0 bridgehead atoms. The molecule has 2 aromatic heterocycles. The lowest BCUT2D eigenvalue weighted by Crippen LogP contribution is -2.57. The number of nitrogens with one attached hydrogen (secondary N) is 1. The zero-order valence-corrected chi connectivity index (χ0v) is 22.4. The van der Waals surface area contributed by atoms with Gasteiger partial charge in [-0.15, -0.1) is 11.3 Å². The van der Waals surface area contributed by atoms with E-state index in [4.69, 9.17) is 11.6 Å². The predicted octanol–water partition coefficient (Wildman–Crippen LogP) is 4.56. The minimum absolute atomic E-state index is 0. The zero-order valence-electron chi connectivity index (χ0n) is 20.0. The summed E-state index contributed by atoms with van der Waals surface area (Å²) in [6, 6.07) is 13.2. The molecule has 0 saturated carbocycles. The number of hydrogen-bond acceptors (Lipinski definition) is 7. The van der Waals surface area contributed by atoms with Gasteiger partial charge in [0.2, 0.25) is 5.91 Å². The fraction of sp³-hybridized carbons (Fsp3) is 0.280. The van der Waals surface area contributed by atoms with Crippen molar-refractivity contribution in [2.45, 2.75) is 23.9 Å². The van der Waals surface area contributed by atoms with E-state index in [0.717, 1.165) is 16.6 Å². The second-order valence-electron chi connectivity index (χ2n) is 8.85. The normalized spacial score (nSPS) is 17.2. The lowest BCUT2D eigenvalue weighted by Gasteiger charge is -2.42. The summed E-state index contributed by atoms with van der Waals surface area (Å²) < 4.78 is 29.6. The molecule has 0 spiro atoms.